The molecule has 0 aliphatic carbocycles. The van der Waals surface area contributed by atoms with Crippen LogP contribution in [0.3, 0.4) is 0 Å². The first-order valence-electron chi connectivity index (χ1n) is 10.7. The number of methoxy groups -OCH3 is 1. The van der Waals surface area contributed by atoms with Crippen molar-refractivity contribution in [3.63, 3.8) is 0 Å². The number of para-hydroxylation sites is 1. The van der Waals surface area contributed by atoms with E-state index in [0.717, 1.165) is 5.69 Å². The second-order valence-electron chi connectivity index (χ2n) is 7.44. The standard InChI is InChI=1S/C24H23N5O5S2/c1-33-19-11-9-18(10-12-19)29-22(15-34-20-5-3-2-4-6-20)27-28-24(29)35-16-23(30)26-17-7-13-21(14-8-17)36(25,31)32/h2-14H,15-16H2,1H3,(H,26,30)(H2,25,31,32). The Bertz CT molecular complexity index is 1420. The lowest BCUT2D eigenvalue weighted by Gasteiger charge is -2.12. The first-order chi connectivity index (χ1) is 17.3. The number of carbonyl (C=O) groups excluding carboxylic acids is 1. The van der Waals surface area contributed by atoms with Crippen LogP contribution in [0.4, 0.5) is 5.69 Å². The lowest BCUT2D eigenvalue weighted by molar-refractivity contribution is -0.113. The summed E-state index contributed by atoms with van der Waals surface area (Å²) in [6.45, 7) is 0.173. The molecule has 36 heavy (non-hydrogen) atoms. The number of amides is 1. The average Bonchev–Trinajstić information content (AvgIpc) is 3.29. The molecule has 1 amide bonds. The van der Waals surface area contributed by atoms with Crippen molar-refractivity contribution in [1.29, 1.82) is 0 Å². The zero-order valence-electron chi connectivity index (χ0n) is 19.2. The molecule has 10 nitrogen and oxygen atoms in total. The fourth-order valence-corrected chi connectivity index (χ4v) is 4.48. The zero-order valence-corrected chi connectivity index (χ0v) is 20.8. The van der Waals surface area contributed by atoms with Gasteiger partial charge < -0.3 is 14.8 Å². The van der Waals surface area contributed by atoms with Crippen molar-refractivity contribution in [2.24, 2.45) is 5.14 Å². The van der Waals surface area contributed by atoms with Crippen molar-refractivity contribution in [2.75, 3.05) is 18.2 Å². The predicted molar refractivity (Wildman–Crippen MR) is 136 cm³/mol. The van der Waals surface area contributed by atoms with E-state index in [4.69, 9.17) is 14.6 Å². The molecule has 0 saturated carbocycles. The van der Waals surface area contributed by atoms with Gasteiger partial charge in [-0.15, -0.1) is 10.2 Å². The molecule has 0 spiro atoms. The summed E-state index contributed by atoms with van der Waals surface area (Å²) in [7, 11) is -2.21. The maximum absolute atomic E-state index is 12.5. The number of rotatable bonds is 10. The van der Waals surface area contributed by atoms with Gasteiger partial charge in [0.15, 0.2) is 11.0 Å². The number of hydrogen-bond donors (Lipinski definition) is 2. The first-order valence-corrected chi connectivity index (χ1v) is 13.2. The predicted octanol–water partition coefficient (Wildman–Crippen LogP) is 3.23. The van der Waals surface area contributed by atoms with Crippen LogP contribution in [0.25, 0.3) is 5.69 Å². The van der Waals surface area contributed by atoms with E-state index in [1.165, 1.54) is 36.0 Å². The number of anilines is 1. The van der Waals surface area contributed by atoms with Crippen LogP contribution in [0.15, 0.2) is 88.9 Å². The molecule has 0 radical (unpaired) electrons. The molecule has 12 heteroatoms. The van der Waals surface area contributed by atoms with Crippen molar-refractivity contribution in [1.82, 2.24) is 14.8 Å². The minimum Gasteiger partial charge on any atom is -0.497 e. The Kier molecular flexibility index (Phi) is 7.88. The lowest BCUT2D eigenvalue weighted by atomic mass is 10.3. The van der Waals surface area contributed by atoms with E-state index in [9.17, 15) is 13.2 Å². The summed E-state index contributed by atoms with van der Waals surface area (Å²) in [5.74, 6) is 1.71. The molecule has 0 aliphatic rings. The molecule has 1 aromatic heterocycles. The summed E-state index contributed by atoms with van der Waals surface area (Å²) in [5.41, 5.74) is 1.23. The molecule has 3 N–H and O–H groups in total. The highest BCUT2D eigenvalue weighted by atomic mass is 32.2. The Labute approximate surface area is 212 Å². The van der Waals surface area contributed by atoms with E-state index in [1.807, 2.05) is 59.2 Å². The lowest BCUT2D eigenvalue weighted by Crippen LogP contribution is -2.15. The Morgan fingerprint density at radius 1 is 0.972 bits per heavy atom. The van der Waals surface area contributed by atoms with Gasteiger partial charge in [-0.25, -0.2) is 13.6 Å². The average molecular weight is 526 g/mol. The largest absolute Gasteiger partial charge is 0.497 e. The maximum atomic E-state index is 12.5. The second-order valence-corrected chi connectivity index (χ2v) is 9.94. The molecular weight excluding hydrogens is 502 g/mol. The highest BCUT2D eigenvalue weighted by Crippen LogP contribution is 2.25. The van der Waals surface area contributed by atoms with E-state index in [2.05, 4.69) is 15.5 Å². The highest BCUT2D eigenvalue weighted by Gasteiger charge is 2.17. The monoisotopic (exact) mass is 525 g/mol. The number of aromatic nitrogens is 3. The quantitative estimate of drug-likeness (QED) is 0.301. The SMILES string of the molecule is COc1ccc(-n2c(COc3ccccc3)nnc2SCC(=O)Nc2ccc(S(N)(=O)=O)cc2)cc1. The number of ether oxygens (including phenoxy) is 2. The van der Waals surface area contributed by atoms with Gasteiger partial charge in [-0.2, -0.15) is 0 Å². The highest BCUT2D eigenvalue weighted by molar-refractivity contribution is 7.99. The molecule has 4 aromatic rings. The van der Waals surface area contributed by atoms with Crippen LogP contribution in [0.5, 0.6) is 11.5 Å². The molecule has 1 heterocycles. The van der Waals surface area contributed by atoms with Crippen LogP contribution in [-0.2, 0) is 21.4 Å². The number of primary sulfonamides is 1. The topological polar surface area (TPSA) is 138 Å². The third-order valence-electron chi connectivity index (χ3n) is 4.94. The molecule has 0 saturated heterocycles. The molecule has 0 atom stereocenters. The minimum atomic E-state index is -3.80. The van der Waals surface area contributed by atoms with Crippen molar-refractivity contribution in [2.45, 2.75) is 16.7 Å². The molecule has 0 aliphatic heterocycles. The summed E-state index contributed by atoms with van der Waals surface area (Å²) in [6.07, 6.45) is 0. The van der Waals surface area contributed by atoms with Gasteiger partial charge in [-0.3, -0.25) is 9.36 Å². The molecule has 186 valence electrons. The number of nitrogens with two attached hydrogens (primary N) is 1. The molecule has 4 rings (SSSR count). The molecule has 0 unspecified atom stereocenters. The number of benzene rings is 3. The smallest absolute Gasteiger partial charge is 0.238 e. The molecule has 0 bridgehead atoms. The van der Waals surface area contributed by atoms with Gasteiger partial charge in [0, 0.05) is 11.4 Å². The fourth-order valence-electron chi connectivity index (χ4n) is 3.20. The third kappa shape index (κ3) is 6.42. The number of hydrogen-bond acceptors (Lipinski definition) is 8. The number of carbonyl (C=O) groups is 1. The van der Waals surface area contributed by atoms with Gasteiger partial charge in [0.2, 0.25) is 15.9 Å². The molecular formula is C24H23N5O5S2. The summed E-state index contributed by atoms with van der Waals surface area (Å²) >= 11 is 1.20. The second kappa shape index (κ2) is 11.2. The molecule has 0 fully saturated rings. The van der Waals surface area contributed by atoms with E-state index in [1.54, 1.807) is 7.11 Å². The first kappa shape index (κ1) is 25.2. The van der Waals surface area contributed by atoms with Gasteiger partial charge >= 0.3 is 0 Å². The van der Waals surface area contributed by atoms with E-state index in [0.29, 0.717) is 28.2 Å². The Morgan fingerprint density at radius 3 is 2.31 bits per heavy atom. The van der Waals surface area contributed by atoms with Crippen molar-refractivity contribution in [3.8, 4) is 17.2 Å². The fraction of sp³-hybridized carbons (Fsp3) is 0.125. The van der Waals surface area contributed by atoms with Crippen LogP contribution in [0, 0.1) is 0 Å². The number of sulfonamides is 1. The number of nitrogens with zero attached hydrogens (tertiary/aromatic N) is 3. The summed E-state index contributed by atoms with van der Waals surface area (Å²) in [6, 6.07) is 22.4. The van der Waals surface area contributed by atoms with Gasteiger partial charge in [0.25, 0.3) is 0 Å². The Hall–Kier alpha value is -3.87. The van der Waals surface area contributed by atoms with Crippen LogP contribution in [0.1, 0.15) is 5.82 Å². The molecule has 3 aromatic carbocycles. The van der Waals surface area contributed by atoms with Crippen LogP contribution >= 0.6 is 11.8 Å². The zero-order chi connectivity index (χ0) is 25.5. The minimum absolute atomic E-state index is 0.0345. The van der Waals surface area contributed by atoms with Gasteiger partial charge in [-0.1, -0.05) is 30.0 Å². The van der Waals surface area contributed by atoms with Crippen LogP contribution < -0.4 is 19.9 Å². The van der Waals surface area contributed by atoms with Crippen LogP contribution in [0.2, 0.25) is 0 Å². The normalized spacial score (nSPS) is 11.2. The van der Waals surface area contributed by atoms with E-state index in [-0.39, 0.29) is 23.2 Å². The van der Waals surface area contributed by atoms with Gasteiger partial charge in [-0.05, 0) is 60.7 Å². The van der Waals surface area contributed by atoms with E-state index >= 15 is 0 Å². The van der Waals surface area contributed by atoms with Crippen molar-refractivity contribution in [3.05, 3.63) is 84.7 Å². The van der Waals surface area contributed by atoms with E-state index < -0.39 is 10.0 Å². The number of nitrogens with one attached hydrogen (secondary N) is 1. The third-order valence-corrected chi connectivity index (χ3v) is 6.80. The summed E-state index contributed by atoms with van der Waals surface area (Å²) in [4.78, 5) is 12.5. The Morgan fingerprint density at radius 2 is 1.67 bits per heavy atom. The van der Waals surface area contributed by atoms with Crippen molar-refractivity contribution >= 4 is 33.4 Å². The van der Waals surface area contributed by atoms with Gasteiger partial charge in [0.05, 0.1) is 17.8 Å². The number of thioether (sulfide) groups is 1. The maximum Gasteiger partial charge on any atom is 0.238 e. The van der Waals surface area contributed by atoms with Crippen LogP contribution in [-0.4, -0.2) is 42.0 Å². The summed E-state index contributed by atoms with van der Waals surface area (Å²) in [5, 5.41) is 16.9. The Balaban J connectivity index is 1.49. The van der Waals surface area contributed by atoms with Crippen molar-refractivity contribution < 1.29 is 22.7 Å². The van der Waals surface area contributed by atoms with Gasteiger partial charge in [0.1, 0.15) is 18.1 Å². The summed E-state index contributed by atoms with van der Waals surface area (Å²) < 4.78 is 35.7.